The van der Waals surface area contributed by atoms with E-state index in [1.807, 2.05) is 36.4 Å². The summed E-state index contributed by atoms with van der Waals surface area (Å²) in [6, 6.07) is 14.5. The number of nitrogens with zero attached hydrogens (tertiary/aromatic N) is 3. The summed E-state index contributed by atoms with van der Waals surface area (Å²) in [6.07, 6.45) is 2.12. The quantitative estimate of drug-likeness (QED) is 0.568. The number of rotatable bonds is 6. The van der Waals surface area contributed by atoms with Gasteiger partial charge in [-0.3, -0.25) is 4.79 Å². The van der Waals surface area contributed by atoms with E-state index in [4.69, 9.17) is 14.6 Å². The highest BCUT2D eigenvalue weighted by atomic mass is 32.2. The Morgan fingerprint density at radius 2 is 1.81 bits per heavy atom. The largest absolute Gasteiger partial charge is 0.493 e. The topological polar surface area (TPSA) is 90.7 Å². The van der Waals surface area contributed by atoms with Crippen LogP contribution in [0, 0.1) is 0 Å². The maximum atomic E-state index is 13.5. The molecule has 1 aliphatic rings. The van der Waals surface area contributed by atoms with Crippen molar-refractivity contribution in [3.63, 3.8) is 0 Å². The molecule has 1 unspecified atom stereocenters. The van der Waals surface area contributed by atoms with Crippen LogP contribution in [0.25, 0.3) is 16.9 Å². The van der Waals surface area contributed by atoms with E-state index < -0.39 is 9.84 Å². The van der Waals surface area contributed by atoms with Crippen molar-refractivity contribution in [1.29, 1.82) is 0 Å². The van der Waals surface area contributed by atoms with Crippen molar-refractivity contribution >= 4 is 15.7 Å². The zero-order chi connectivity index (χ0) is 22.9. The molecule has 2 aromatic carbocycles. The van der Waals surface area contributed by atoms with Gasteiger partial charge in [0.2, 0.25) is 0 Å². The van der Waals surface area contributed by atoms with Crippen molar-refractivity contribution in [2.24, 2.45) is 0 Å². The molecule has 1 saturated heterocycles. The summed E-state index contributed by atoms with van der Waals surface area (Å²) in [6.45, 7) is 0. The van der Waals surface area contributed by atoms with E-state index in [1.165, 1.54) is 4.90 Å². The number of hydrogen-bond donors (Lipinski definition) is 0. The van der Waals surface area contributed by atoms with Crippen LogP contribution in [0.2, 0.25) is 0 Å². The second-order valence-electron chi connectivity index (χ2n) is 7.71. The monoisotopic (exact) mass is 455 g/mol. The summed E-state index contributed by atoms with van der Waals surface area (Å²) in [7, 11) is 1.63. The van der Waals surface area contributed by atoms with Gasteiger partial charge in [0, 0.05) is 24.8 Å². The number of sulfone groups is 1. The molecule has 0 aliphatic carbocycles. The molecule has 1 amide bonds. The zero-order valence-electron chi connectivity index (χ0n) is 18.2. The maximum absolute atomic E-state index is 13.5. The van der Waals surface area contributed by atoms with Crippen LogP contribution in [0.15, 0.2) is 54.7 Å². The normalized spacial score (nSPS) is 17.2. The van der Waals surface area contributed by atoms with Gasteiger partial charge in [0.15, 0.2) is 21.3 Å². The van der Waals surface area contributed by atoms with Crippen LogP contribution in [-0.2, 0) is 9.84 Å². The molecule has 1 aromatic heterocycles. The lowest BCUT2D eigenvalue weighted by atomic mass is 10.1. The second-order valence-corrected chi connectivity index (χ2v) is 9.94. The third-order valence-corrected chi connectivity index (χ3v) is 7.45. The van der Waals surface area contributed by atoms with E-state index in [1.54, 1.807) is 44.3 Å². The lowest BCUT2D eigenvalue weighted by Crippen LogP contribution is -2.37. The SMILES string of the molecule is COc1ccc(-c2nn(-c3ccccc3)cc2C(=O)N(C)C2CCS(=O)(=O)C2)cc1OC. The van der Waals surface area contributed by atoms with Gasteiger partial charge in [0.05, 0.1) is 37.0 Å². The Balaban J connectivity index is 1.79. The highest BCUT2D eigenvalue weighted by molar-refractivity contribution is 7.91. The molecule has 0 spiro atoms. The number of benzene rings is 2. The highest BCUT2D eigenvalue weighted by Crippen LogP contribution is 2.34. The third-order valence-electron chi connectivity index (χ3n) is 5.70. The van der Waals surface area contributed by atoms with E-state index in [-0.39, 0.29) is 23.5 Å². The number of methoxy groups -OCH3 is 2. The van der Waals surface area contributed by atoms with Crippen LogP contribution in [0.1, 0.15) is 16.8 Å². The van der Waals surface area contributed by atoms with Gasteiger partial charge in [-0.2, -0.15) is 5.10 Å². The molecular weight excluding hydrogens is 430 g/mol. The summed E-state index contributed by atoms with van der Waals surface area (Å²) in [5.41, 5.74) is 2.35. The standard InChI is InChI=1S/C23H25N3O5S/c1-25(18-11-12-32(28,29)15-18)23(27)19-14-26(17-7-5-4-6-8-17)24-22(19)16-9-10-20(30-2)21(13-16)31-3/h4-10,13-14,18H,11-12,15H2,1-3H3. The van der Waals surface area contributed by atoms with E-state index in [0.29, 0.717) is 34.7 Å². The molecule has 1 fully saturated rings. The van der Waals surface area contributed by atoms with Gasteiger partial charge in [-0.25, -0.2) is 13.1 Å². The molecule has 8 nitrogen and oxygen atoms in total. The van der Waals surface area contributed by atoms with Crippen LogP contribution in [0.5, 0.6) is 11.5 Å². The molecule has 1 atom stereocenters. The van der Waals surface area contributed by atoms with E-state index >= 15 is 0 Å². The van der Waals surface area contributed by atoms with Crippen LogP contribution >= 0.6 is 0 Å². The fourth-order valence-corrected chi connectivity index (χ4v) is 5.65. The first-order valence-corrected chi connectivity index (χ1v) is 12.0. The smallest absolute Gasteiger partial charge is 0.257 e. The summed E-state index contributed by atoms with van der Waals surface area (Å²) in [5.74, 6) is 0.890. The van der Waals surface area contributed by atoms with Crippen molar-refractivity contribution in [2.75, 3.05) is 32.8 Å². The number of amides is 1. The van der Waals surface area contributed by atoms with Crippen molar-refractivity contribution in [2.45, 2.75) is 12.5 Å². The minimum atomic E-state index is -3.12. The number of hydrogen-bond acceptors (Lipinski definition) is 6. The molecule has 1 aliphatic heterocycles. The van der Waals surface area contributed by atoms with E-state index in [2.05, 4.69) is 0 Å². The molecule has 168 valence electrons. The molecular formula is C23H25N3O5S. The second kappa shape index (κ2) is 8.66. The first-order valence-electron chi connectivity index (χ1n) is 10.2. The van der Waals surface area contributed by atoms with Crippen molar-refractivity contribution in [1.82, 2.24) is 14.7 Å². The number of ether oxygens (including phenoxy) is 2. The van der Waals surface area contributed by atoms with Crippen LogP contribution in [0.3, 0.4) is 0 Å². The first-order chi connectivity index (χ1) is 15.3. The van der Waals surface area contributed by atoms with E-state index in [9.17, 15) is 13.2 Å². The molecule has 0 saturated carbocycles. The molecule has 32 heavy (non-hydrogen) atoms. The van der Waals surface area contributed by atoms with Crippen molar-refractivity contribution < 1.29 is 22.7 Å². The van der Waals surface area contributed by atoms with Gasteiger partial charge < -0.3 is 14.4 Å². The predicted octanol–water partition coefficient (Wildman–Crippen LogP) is 2.82. The molecule has 9 heteroatoms. The van der Waals surface area contributed by atoms with Gasteiger partial charge in [-0.15, -0.1) is 0 Å². The Kier molecular flexibility index (Phi) is 5.92. The first kappa shape index (κ1) is 21.9. The Bertz CT molecular complexity index is 1240. The number of carbonyl (C=O) groups is 1. The minimum absolute atomic E-state index is 0.0201. The molecule has 0 N–H and O–H groups in total. The third kappa shape index (κ3) is 4.20. The van der Waals surface area contributed by atoms with Crippen LogP contribution in [-0.4, -0.2) is 67.8 Å². The van der Waals surface area contributed by atoms with Crippen LogP contribution in [0.4, 0.5) is 0 Å². The van der Waals surface area contributed by atoms with Gasteiger partial charge >= 0.3 is 0 Å². The summed E-state index contributed by atoms with van der Waals surface area (Å²) in [4.78, 5) is 15.0. The summed E-state index contributed by atoms with van der Waals surface area (Å²) >= 11 is 0. The van der Waals surface area contributed by atoms with Gasteiger partial charge in [-0.1, -0.05) is 18.2 Å². The fraction of sp³-hybridized carbons (Fsp3) is 0.304. The molecule has 0 radical (unpaired) electrons. The average molecular weight is 456 g/mol. The lowest BCUT2D eigenvalue weighted by molar-refractivity contribution is 0.0748. The Hall–Kier alpha value is -3.33. The zero-order valence-corrected chi connectivity index (χ0v) is 19.0. The number of aromatic nitrogens is 2. The van der Waals surface area contributed by atoms with Gasteiger partial charge in [-0.05, 0) is 36.8 Å². The highest BCUT2D eigenvalue weighted by Gasteiger charge is 2.34. The number of para-hydroxylation sites is 1. The lowest BCUT2D eigenvalue weighted by Gasteiger charge is -2.23. The number of carbonyl (C=O) groups excluding carboxylic acids is 1. The van der Waals surface area contributed by atoms with Crippen molar-refractivity contribution in [3.05, 3.63) is 60.3 Å². The van der Waals surface area contributed by atoms with Crippen molar-refractivity contribution in [3.8, 4) is 28.4 Å². The molecule has 3 aromatic rings. The Morgan fingerprint density at radius 1 is 1.09 bits per heavy atom. The maximum Gasteiger partial charge on any atom is 0.257 e. The average Bonchev–Trinajstić information content (AvgIpc) is 3.41. The summed E-state index contributed by atoms with van der Waals surface area (Å²) < 4.78 is 36.3. The minimum Gasteiger partial charge on any atom is -0.493 e. The molecule has 0 bridgehead atoms. The Labute approximate surface area is 187 Å². The molecule has 4 rings (SSSR count). The summed E-state index contributed by atoms with van der Waals surface area (Å²) in [5, 5.41) is 4.69. The fourth-order valence-electron chi connectivity index (χ4n) is 3.88. The Morgan fingerprint density at radius 3 is 2.44 bits per heavy atom. The van der Waals surface area contributed by atoms with Gasteiger partial charge in [0.25, 0.3) is 5.91 Å². The predicted molar refractivity (Wildman–Crippen MR) is 121 cm³/mol. The molecule has 2 heterocycles. The van der Waals surface area contributed by atoms with E-state index in [0.717, 1.165) is 5.69 Å². The van der Waals surface area contributed by atoms with Gasteiger partial charge in [0.1, 0.15) is 5.69 Å². The van der Waals surface area contributed by atoms with Crippen LogP contribution < -0.4 is 9.47 Å².